The van der Waals surface area contributed by atoms with Gasteiger partial charge in [0.1, 0.15) is 0 Å². The standard InChI is InChI=1S/C8H17NS/c1-4-10-6-8-5-7(2)9(8)3/h7-8H,4-6H2,1-3H3. The molecule has 0 spiro atoms. The van der Waals surface area contributed by atoms with E-state index in [2.05, 4.69) is 37.6 Å². The average molecular weight is 159 g/mol. The zero-order valence-corrected chi connectivity index (χ0v) is 7.95. The Morgan fingerprint density at radius 1 is 1.60 bits per heavy atom. The summed E-state index contributed by atoms with van der Waals surface area (Å²) in [5, 5.41) is 0. The van der Waals surface area contributed by atoms with E-state index in [-0.39, 0.29) is 0 Å². The van der Waals surface area contributed by atoms with Crippen LogP contribution in [-0.2, 0) is 0 Å². The second-order valence-corrected chi connectivity index (χ2v) is 4.38. The Labute approximate surface area is 68.2 Å². The minimum atomic E-state index is 0.836. The van der Waals surface area contributed by atoms with Gasteiger partial charge in [0.05, 0.1) is 0 Å². The Balaban J connectivity index is 2.08. The molecule has 0 aromatic carbocycles. The van der Waals surface area contributed by atoms with E-state index in [1.807, 2.05) is 0 Å². The van der Waals surface area contributed by atoms with Crippen molar-refractivity contribution in [3.8, 4) is 0 Å². The molecule has 1 rings (SSSR count). The number of hydrogen-bond donors (Lipinski definition) is 0. The molecule has 0 radical (unpaired) electrons. The molecule has 1 aliphatic heterocycles. The van der Waals surface area contributed by atoms with Crippen LogP contribution in [0.25, 0.3) is 0 Å². The summed E-state index contributed by atoms with van der Waals surface area (Å²) in [4.78, 5) is 2.47. The summed E-state index contributed by atoms with van der Waals surface area (Å²) in [5.74, 6) is 2.59. The fraction of sp³-hybridized carbons (Fsp3) is 1.00. The molecule has 2 unspecified atom stereocenters. The number of thioether (sulfide) groups is 1. The lowest BCUT2D eigenvalue weighted by molar-refractivity contribution is 0.0730. The molecule has 2 atom stereocenters. The summed E-state index contributed by atoms with van der Waals surface area (Å²) in [5.41, 5.74) is 0. The summed E-state index contributed by atoms with van der Waals surface area (Å²) in [6.07, 6.45) is 1.41. The van der Waals surface area contributed by atoms with Crippen molar-refractivity contribution in [3.63, 3.8) is 0 Å². The third kappa shape index (κ3) is 1.67. The second kappa shape index (κ2) is 3.63. The van der Waals surface area contributed by atoms with E-state index in [9.17, 15) is 0 Å². The molecule has 10 heavy (non-hydrogen) atoms. The van der Waals surface area contributed by atoms with Gasteiger partial charge >= 0.3 is 0 Å². The first-order valence-electron chi connectivity index (χ1n) is 4.05. The van der Waals surface area contributed by atoms with Crippen molar-refractivity contribution in [2.45, 2.75) is 32.4 Å². The smallest absolute Gasteiger partial charge is 0.0200 e. The van der Waals surface area contributed by atoms with Gasteiger partial charge in [-0.25, -0.2) is 0 Å². The second-order valence-electron chi connectivity index (χ2n) is 3.06. The van der Waals surface area contributed by atoms with Crippen molar-refractivity contribution in [1.82, 2.24) is 4.90 Å². The summed E-state index contributed by atoms with van der Waals surface area (Å²) < 4.78 is 0. The molecule has 0 amide bonds. The molecule has 2 heteroatoms. The predicted octanol–water partition coefficient (Wildman–Crippen LogP) is 1.83. The Kier molecular flexibility index (Phi) is 3.05. The lowest BCUT2D eigenvalue weighted by atomic mass is 9.97. The van der Waals surface area contributed by atoms with Gasteiger partial charge in [0.2, 0.25) is 0 Å². The topological polar surface area (TPSA) is 3.24 Å². The molecule has 1 saturated heterocycles. The lowest BCUT2D eigenvalue weighted by Gasteiger charge is -2.44. The van der Waals surface area contributed by atoms with E-state index >= 15 is 0 Å². The van der Waals surface area contributed by atoms with Crippen LogP contribution in [0.5, 0.6) is 0 Å². The van der Waals surface area contributed by atoms with Gasteiger partial charge < -0.3 is 0 Å². The molecule has 1 heterocycles. The number of nitrogens with zero attached hydrogens (tertiary/aromatic N) is 1. The number of rotatable bonds is 3. The maximum Gasteiger partial charge on any atom is 0.0200 e. The molecular formula is C8H17NS. The zero-order chi connectivity index (χ0) is 7.56. The minimum Gasteiger partial charge on any atom is -0.300 e. The molecule has 0 N–H and O–H groups in total. The third-order valence-electron chi connectivity index (χ3n) is 2.40. The maximum absolute atomic E-state index is 2.47. The van der Waals surface area contributed by atoms with Gasteiger partial charge in [0.25, 0.3) is 0 Å². The largest absolute Gasteiger partial charge is 0.300 e. The van der Waals surface area contributed by atoms with Crippen LogP contribution in [0.4, 0.5) is 0 Å². The molecule has 0 aromatic heterocycles. The van der Waals surface area contributed by atoms with Crippen LogP contribution in [0.15, 0.2) is 0 Å². The number of likely N-dealkylation sites (tertiary alicyclic amines) is 1. The van der Waals surface area contributed by atoms with Gasteiger partial charge in [-0.15, -0.1) is 0 Å². The molecule has 60 valence electrons. The van der Waals surface area contributed by atoms with Crippen LogP contribution in [0.1, 0.15) is 20.3 Å². The van der Waals surface area contributed by atoms with Crippen LogP contribution < -0.4 is 0 Å². The first-order chi connectivity index (χ1) is 4.75. The van der Waals surface area contributed by atoms with Gasteiger partial charge in [0, 0.05) is 17.8 Å². The van der Waals surface area contributed by atoms with Gasteiger partial charge in [0.15, 0.2) is 0 Å². The monoisotopic (exact) mass is 159 g/mol. The molecule has 1 fully saturated rings. The first kappa shape index (κ1) is 8.41. The molecule has 0 aliphatic carbocycles. The molecule has 0 bridgehead atoms. The van der Waals surface area contributed by atoms with Gasteiger partial charge in [-0.3, -0.25) is 4.90 Å². The minimum absolute atomic E-state index is 0.836. The summed E-state index contributed by atoms with van der Waals surface area (Å²) >= 11 is 2.06. The highest BCUT2D eigenvalue weighted by Gasteiger charge is 2.30. The third-order valence-corrected chi connectivity index (χ3v) is 3.43. The van der Waals surface area contributed by atoms with E-state index in [0.29, 0.717) is 0 Å². The fourth-order valence-corrected chi connectivity index (χ4v) is 2.27. The highest BCUT2D eigenvalue weighted by molar-refractivity contribution is 7.99. The van der Waals surface area contributed by atoms with Crippen molar-refractivity contribution < 1.29 is 0 Å². The van der Waals surface area contributed by atoms with Crippen molar-refractivity contribution in [1.29, 1.82) is 0 Å². The molecule has 1 nitrogen and oxygen atoms in total. The normalized spacial score (nSPS) is 33.9. The fourth-order valence-electron chi connectivity index (χ4n) is 1.39. The van der Waals surface area contributed by atoms with Crippen molar-refractivity contribution in [2.24, 2.45) is 0 Å². The Morgan fingerprint density at radius 3 is 2.70 bits per heavy atom. The average Bonchev–Trinajstić information content (AvgIpc) is 1.97. The van der Waals surface area contributed by atoms with Gasteiger partial charge in [-0.2, -0.15) is 11.8 Å². The molecule has 1 aliphatic rings. The molecule has 0 saturated carbocycles. The predicted molar refractivity (Wildman–Crippen MR) is 48.6 cm³/mol. The summed E-state index contributed by atoms with van der Waals surface area (Å²) in [6, 6.07) is 1.71. The van der Waals surface area contributed by atoms with Crippen LogP contribution in [0.2, 0.25) is 0 Å². The van der Waals surface area contributed by atoms with Crippen LogP contribution in [0.3, 0.4) is 0 Å². The highest BCUT2D eigenvalue weighted by Crippen LogP contribution is 2.25. The molecular weight excluding hydrogens is 142 g/mol. The quantitative estimate of drug-likeness (QED) is 0.618. The van der Waals surface area contributed by atoms with E-state index in [1.54, 1.807) is 0 Å². The van der Waals surface area contributed by atoms with Crippen LogP contribution in [0, 0.1) is 0 Å². The van der Waals surface area contributed by atoms with E-state index in [0.717, 1.165) is 12.1 Å². The van der Waals surface area contributed by atoms with Crippen molar-refractivity contribution in [3.05, 3.63) is 0 Å². The van der Waals surface area contributed by atoms with E-state index in [4.69, 9.17) is 0 Å². The van der Waals surface area contributed by atoms with Crippen LogP contribution in [-0.4, -0.2) is 35.5 Å². The zero-order valence-electron chi connectivity index (χ0n) is 7.13. The molecule has 0 aromatic rings. The van der Waals surface area contributed by atoms with Gasteiger partial charge in [-0.05, 0) is 26.1 Å². The Hall–Kier alpha value is 0.310. The number of hydrogen-bond acceptors (Lipinski definition) is 2. The van der Waals surface area contributed by atoms with Crippen LogP contribution >= 0.6 is 11.8 Å². The van der Waals surface area contributed by atoms with Crippen molar-refractivity contribution in [2.75, 3.05) is 18.6 Å². The van der Waals surface area contributed by atoms with Gasteiger partial charge in [-0.1, -0.05) is 6.92 Å². The summed E-state index contributed by atoms with van der Waals surface area (Å²) in [7, 11) is 2.23. The SMILES string of the molecule is CCSCC1CC(C)N1C. The lowest BCUT2D eigenvalue weighted by Crippen LogP contribution is -2.52. The Morgan fingerprint density at radius 2 is 2.30 bits per heavy atom. The van der Waals surface area contributed by atoms with Crippen molar-refractivity contribution >= 4 is 11.8 Å². The Bertz CT molecular complexity index is 105. The van der Waals surface area contributed by atoms with E-state index < -0.39 is 0 Å². The van der Waals surface area contributed by atoms with E-state index in [1.165, 1.54) is 17.9 Å². The summed E-state index contributed by atoms with van der Waals surface area (Å²) in [6.45, 7) is 4.53. The first-order valence-corrected chi connectivity index (χ1v) is 5.20. The highest BCUT2D eigenvalue weighted by atomic mass is 32.2. The maximum atomic E-state index is 2.47.